The molecule has 0 saturated heterocycles. The van der Waals surface area contributed by atoms with Gasteiger partial charge in [0.25, 0.3) is 5.91 Å². The maximum atomic E-state index is 12.2. The summed E-state index contributed by atoms with van der Waals surface area (Å²) in [6, 6.07) is 3.62. The van der Waals surface area contributed by atoms with Crippen LogP contribution in [0.2, 0.25) is 0 Å². The zero-order valence-electron chi connectivity index (χ0n) is 11.0. The van der Waals surface area contributed by atoms with Gasteiger partial charge in [0, 0.05) is 23.4 Å². The van der Waals surface area contributed by atoms with E-state index in [4.69, 9.17) is 5.73 Å². The van der Waals surface area contributed by atoms with Crippen molar-refractivity contribution in [3.63, 3.8) is 0 Å². The number of hydrogen-bond donors (Lipinski definition) is 2. The van der Waals surface area contributed by atoms with Crippen LogP contribution in [-0.2, 0) is 7.05 Å². The number of aryl methyl sites for hydroxylation is 3. The van der Waals surface area contributed by atoms with E-state index in [0.717, 1.165) is 10.0 Å². The molecule has 19 heavy (non-hydrogen) atoms. The molecule has 2 aromatic rings. The topological polar surface area (TPSA) is 72.9 Å². The van der Waals surface area contributed by atoms with Gasteiger partial charge in [0.2, 0.25) is 0 Å². The Kier molecular flexibility index (Phi) is 3.61. The Labute approximate surface area is 119 Å². The van der Waals surface area contributed by atoms with E-state index in [-0.39, 0.29) is 5.91 Å². The van der Waals surface area contributed by atoms with Crippen LogP contribution in [0, 0.1) is 13.8 Å². The van der Waals surface area contributed by atoms with Gasteiger partial charge in [-0.25, -0.2) is 0 Å². The first-order valence-electron chi connectivity index (χ1n) is 5.75. The average Bonchev–Trinajstić information content (AvgIpc) is 2.65. The van der Waals surface area contributed by atoms with Crippen molar-refractivity contribution in [2.75, 3.05) is 11.1 Å². The SMILES string of the molecule is Cc1cc(Br)c(NC(=O)c2cn(C)nc2C)cc1N. The summed E-state index contributed by atoms with van der Waals surface area (Å²) in [4.78, 5) is 12.2. The van der Waals surface area contributed by atoms with E-state index >= 15 is 0 Å². The van der Waals surface area contributed by atoms with Gasteiger partial charge in [-0.1, -0.05) is 0 Å². The van der Waals surface area contributed by atoms with Gasteiger partial charge in [0.15, 0.2) is 0 Å². The number of hydrogen-bond acceptors (Lipinski definition) is 3. The van der Waals surface area contributed by atoms with Crippen LogP contribution in [0.1, 0.15) is 21.6 Å². The maximum Gasteiger partial charge on any atom is 0.259 e. The van der Waals surface area contributed by atoms with Crippen LogP contribution in [0.15, 0.2) is 22.8 Å². The van der Waals surface area contributed by atoms with E-state index in [2.05, 4.69) is 26.3 Å². The molecule has 1 aromatic heterocycles. The lowest BCUT2D eigenvalue weighted by Gasteiger charge is -2.09. The summed E-state index contributed by atoms with van der Waals surface area (Å²) in [5.41, 5.74) is 9.34. The summed E-state index contributed by atoms with van der Waals surface area (Å²) in [5.74, 6) is -0.199. The number of carbonyl (C=O) groups is 1. The second-order valence-electron chi connectivity index (χ2n) is 4.44. The van der Waals surface area contributed by atoms with Crippen LogP contribution in [0.3, 0.4) is 0 Å². The van der Waals surface area contributed by atoms with E-state index in [0.29, 0.717) is 22.6 Å². The molecule has 100 valence electrons. The molecule has 1 aromatic carbocycles. The van der Waals surface area contributed by atoms with E-state index in [1.54, 1.807) is 30.9 Å². The Bertz CT molecular complexity index is 648. The van der Waals surface area contributed by atoms with Crippen molar-refractivity contribution >= 4 is 33.2 Å². The largest absolute Gasteiger partial charge is 0.398 e. The molecule has 0 atom stereocenters. The van der Waals surface area contributed by atoms with Crippen LogP contribution in [-0.4, -0.2) is 15.7 Å². The van der Waals surface area contributed by atoms with Gasteiger partial charge in [0.05, 0.1) is 16.9 Å². The lowest BCUT2D eigenvalue weighted by Crippen LogP contribution is -2.13. The van der Waals surface area contributed by atoms with Gasteiger partial charge in [-0.05, 0) is 47.5 Å². The monoisotopic (exact) mass is 322 g/mol. The third kappa shape index (κ3) is 2.78. The number of aromatic nitrogens is 2. The quantitative estimate of drug-likeness (QED) is 0.835. The molecule has 0 aliphatic carbocycles. The molecule has 2 rings (SSSR count). The van der Waals surface area contributed by atoms with Crippen molar-refractivity contribution in [2.24, 2.45) is 7.05 Å². The molecule has 0 unspecified atom stereocenters. The summed E-state index contributed by atoms with van der Waals surface area (Å²) in [7, 11) is 1.78. The predicted octanol–water partition coefficient (Wildman–Crippen LogP) is 2.63. The average molecular weight is 323 g/mol. The van der Waals surface area contributed by atoms with Gasteiger partial charge >= 0.3 is 0 Å². The number of nitrogens with one attached hydrogen (secondary N) is 1. The molecular weight excluding hydrogens is 308 g/mol. The smallest absolute Gasteiger partial charge is 0.259 e. The fourth-order valence-corrected chi connectivity index (χ4v) is 2.35. The second-order valence-corrected chi connectivity index (χ2v) is 5.30. The lowest BCUT2D eigenvalue weighted by atomic mass is 10.1. The van der Waals surface area contributed by atoms with E-state index in [1.165, 1.54) is 0 Å². The highest BCUT2D eigenvalue weighted by atomic mass is 79.9. The van der Waals surface area contributed by atoms with E-state index in [1.807, 2.05) is 13.0 Å². The summed E-state index contributed by atoms with van der Waals surface area (Å²) < 4.78 is 2.41. The number of benzene rings is 1. The number of nitrogens with zero attached hydrogens (tertiary/aromatic N) is 2. The normalized spacial score (nSPS) is 10.5. The molecule has 0 aliphatic heterocycles. The zero-order chi connectivity index (χ0) is 14.2. The minimum Gasteiger partial charge on any atom is -0.398 e. The van der Waals surface area contributed by atoms with E-state index in [9.17, 15) is 4.79 Å². The van der Waals surface area contributed by atoms with Gasteiger partial charge < -0.3 is 11.1 Å². The van der Waals surface area contributed by atoms with Crippen LogP contribution < -0.4 is 11.1 Å². The molecule has 1 amide bonds. The standard InChI is InChI=1S/C13H15BrN4O/c1-7-4-10(14)12(5-11(7)15)16-13(19)9-6-18(3)17-8(9)2/h4-6H,15H2,1-3H3,(H,16,19). The zero-order valence-corrected chi connectivity index (χ0v) is 12.6. The third-order valence-corrected chi connectivity index (χ3v) is 3.52. The molecule has 0 spiro atoms. The van der Waals surface area contributed by atoms with Crippen LogP contribution in [0.4, 0.5) is 11.4 Å². The van der Waals surface area contributed by atoms with Gasteiger partial charge in [-0.2, -0.15) is 5.10 Å². The van der Waals surface area contributed by atoms with Crippen LogP contribution >= 0.6 is 15.9 Å². The van der Waals surface area contributed by atoms with Gasteiger partial charge in [0.1, 0.15) is 0 Å². The minimum atomic E-state index is -0.199. The number of anilines is 2. The first-order chi connectivity index (χ1) is 8.88. The highest BCUT2D eigenvalue weighted by Gasteiger charge is 2.14. The summed E-state index contributed by atoms with van der Waals surface area (Å²) in [5, 5.41) is 6.98. The number of nitrogens with two attached hydrogens (primary N) is 1. The van der Waals surface area contributed by atoms with Crippen molar-refractivity contribution < 1.29 is 4.79 Å². The Balaban J connectivity index is 2.29. The first kappa shape index (κ1) is 13.6. The molecule has 0 fully saturated rings. The summed E-state index contributed by atoms with van der Waals surface area (Å²) in [6.45, 7) is 3.71. The number of amides is 1. The van der Waals surface area contributed by atoms with Gasteiger partial charge in [-0.15, -0.1) is 0 Å². The summed E-state index contributed by atoms with van der Waals surface area (Å²) in [6.07, 6.45) is 1.69. The molecule has 0 saturated carbocycles. The predicted molar refractivity (Wildman–Crippen MR) is 79.2 cm³/mol. The van der Waals surface area contributed by atoms with Crippen LogP contribution in [0.25, 0.3) is 0 Å². The van der Waals surface area contributed by atoms with E-state index < -0.39 is 0 Å². The van der Waals surface area contributed by atoms with Gasteiger partial charge in [-0.3, -0.25) is 9.48 Å². The van der Waals surface area contributed by atoms with Crippen molar-refractivity contribution in [1.82, 2.24) is 9.78 Å². The molecule has 3 N–H and O–H groups in total. The fourth-order valence-electron chi connectivity index (χ4n) is 1.80. The lowest BCUT2D eigenvalue weighted by molar-refractivity contribution is 0.102. The second kappa shape index (κ2) is 5.05. The Hall–Kier alpha value is -1.82. The maximum absolute atomic E-state index is 12.2. The number of halogens is 1. The van der Waals surface area contributed by atoms with Crippen molar-refractivity contribution in [2.45, 2.75) is 13.8 Å². The first-order valence-corrected chi connectivity index (χ1v) is 6.55. The molecule has 6 heteroatoms. The number of nitrogen functional groups attached to an aromatic ring is 1. The highest BCUT2D eigenvalue weighted by Crippen LogP contribution is 2.28. The molecule has 0 bridgehead atoms. The Morgan fingerprint density at radius 1 is 1.42 bits per heavy atom. The third-order valence-electron chi connectivity index (χ3n) is 2.86. The number of carbonyl (C=O) groups excluding carboxylic acids is 1. The molecule has 0 aliphatic rings. The summed E-state index contributed by atoms with van der Waals surface area (Å²) >= 11 is 3.41. The fraction of sp³-hybridized carbons (Fsp3) is 0.231. The molecule has 1 heterocycles. The highest BCUT2D eigenvalue weighted by molar-refractivity contribution is 9.10. The molecular formula is C13H15BrN4O. The number of rotatable bonds is 2. The van der Waals surface area contributed by atoms with Crippen molar-refractivity contribution in [3.8, 4) is 0 Å². The van der Waals surface area contributed by atoms with Crippen molar-refractivity contribution in [1.29, 1.82) is 0 Å². The van der Waals surface area contributed by atoms with Crippen LogP contribution in [0.5, 0.6) is 0 Å². The Morgan fingerprint density at radius 2 is 2.11 bits per heavy atom. The Morgan fingerprint density at radius 3 is 2.68 bits per heavy atom. The molecule has 0 radical (unpaired) electrons. The van der Waals surface area contributed by atoms with Crippen molar-refractivity contribution in [3.05, 3.63) is 39.6 Å². The molecule has 5 nitrogen and oxygen atoms in total. The minimum absolute atomic E-state index is 0.199.